The van der Waals surface area contributed by atoms with Crippen LogP contribution in [-0.4, -0.2) is 25.3 Å². The number of hydrogen-bond acceptors (Lipinski definition) is 2. The number of dihydropyridines is 1. The lowest BCUT2D eigenvalue weighted by Gasteiger charge is -2.15. The number of nitrogens with one attached hydrogen (secondary N) is 1. The van der Waals surface area contributed by atoms with Crippen LogP contribution in [0.25, 0.3) is 0 Å². The zero-order valence-corrected chi connectivity index (χ0v) is 6.71. The molecule has 2 rings (SSSR count). The van der Waals surface area contributed by atoms with Gasteiger partial charge in [0.1, 0.15) is 0 Å². The van der Waals surface area contributed by atoms with Gasteiger partial charge in [0.25, 0.3) is 0 Å². The number of aliphatic imine (C=N–C) groups is 1. The fraction of sp³-hybridized carbons (Fsp3) is 0.667. The van der Waals surface area contributed by atoms with Crippen LogP contribution in [0, 0.1) is 5.92 Å². The first-order valence-corrected chi connectivity index (χ1v) is 4.37. The van der Waals surface area contributed by atoms with E-state index < -0.39 is 0 Å². The van der Waals surface area contributed by atoms with Crippen molar-refractivity contribution in [1.29, 1.82) is 0 Å². The highest BCUT2D eigenvalue weighted by Gasteiger charge is 2.16. The maximum atomic E-state index is 4.50. The molecular formula is C9H14N2. The van der Waals surface area contributed by atoms with E-state index in [0.29, 0.717) is 5.92 Å². The summed E-state index contributed by atoms with van der Waals surface area (Å²) in [5, 5.41) is 3.41. The Hall–Kier alpha value is -0.630. The van der Waals surface area contributed by atoms with Crippen LogP contribution < -0.4 is 5.32 Å². The molecule has 0 aromatic rings. The Balaban J connectivity index is 2.11. The van der Waals surface area contributed by atoms with Crippen molar-refractivity contribution >= 4 is 5.71 Å². The molecule has 0 radical (unpaired) electrons. The molecule has 0 amide bonds. The zero-order valence-electron chi connectivity index (χ0n) is 6.71. The van der Waals surface area contributed by atoms with Gasteiger partial charge in [-0.05, 0) is 19.4 Å². The average Bonchev–Trinajstić information content (AvgIpc) is 2.28. The first kappa shape index (κ1) is 7.04. The second kappa shape index (κ2) is 3.18. The van der Waals surface area contributed by atoms with Gasteiger partial charge in [0.2, 0.25) is 0 Å². The molecule has 60 valence electrons. The molecular weight excluding hydrogens is 136 g/mol. The van der Waals surface area contributed by atoms with Crippen LogP contribution in [-0.2, 0) is 0 Å². The Morgan fingerprint density at radius 1 is 1.55 bits per heavy atom. The van der Waals surface area contributed by atoms with E-state index in [0.717, 1.165) is 19.6 Å². The predicted octanol–water partition coefficient (Wildman–Crippen LogP) is 0.997. The van der Waals surface area contributed by atoms with E-state index in [9.17, 15) is 0 Å². The normalized spacial score (nSPS) is 30.5. The van der Waals surface area contributed by atoms with Gasteiger partial charge in [0, 0.05) is 18.2 Å². The van der Waals surface area contributed by atoms with Gasteiger partial charge in [-0.25, -0.2) is 0 Å². The smallest absolute Gasteiger partial charge is 0.0570 e. The second-order valence-electron chi connectivity index (χ2n) is 3.17. The lowest BCUT2D eigenvalue weighted by atomic mass is 9.98. The molecule has 0 aromatic heterocycles. The highest BCUT2D eigenvalue weighted by atomic mass is 14.9. The molecule has 1 atom stereocenters. The van der Waals surface area contributed by atoms with Crippen LogP contribution >= 0.6 is 0 Å². The number of rotatable bonds is 0. The van der Waals surface area contributed by atoms with Crippen molar-refractivity contribution < 1.29 is 0 Å². The van der Waals surface area contributed by atoms with Crippen LogP contribution in [0.3, 0.4) is 0 Å². The molecule has 1 unspecified atom stereocenters. The molecule has 2 aliphatic rings. The Bertz CT molecular complexity index is 194. The van der Waals surface area contributed by atoms with Crippen LogP contribution in [0.1, 0.15) is 12.8 Å². The Morgan fingerprint density at radius 3 is 3.55 bits per heavy atom. The first-order chi connectivity index (χ1) is 5.47. The molecule has 2 heteroatoms. The number of hydrogen-bond donors (Lipinski definition) is 1. The average molecular weight is 150 g/mol. The minimum absolute atomic E-state index is 0.603. The molecule has 0 spiro atoms. The van der Waals surface area contributed by atoms with Gasteiger partial charge in [-0.3, -0.25) is 4.99 Å². The van der Waals surface area contributed by atoms with E-state index in [1.54, 1.807) is 0 Å². The van der Waals surface area contributed by atoms with Crippen molar-refractivity contribution in [2.24, 2.45) is 10.9 Å². The van der Waals surface area contributed by atoms with Gasteiger partial charge in [-0.1, -0.05) is 12.2 Å². The second-order valence-corrected chi connectivity index (χ2v) is 3.17. The predicted molar refractivity (Wildman–Crippen MR) is 47.0 cm³/mol. The Kier molecular flexibility index (Phi) is 2.04. The molecule has 2 aliphatic heterocycles. The summed E-state index contributed by atoms with van der Waals surface area (Å²) in [6, 6.07) is 0. The van der Waals surface area contributed by atoms with E-state index >= 15 is 0 Å². The SMILES string of the molecule is C1=CC2CNCCCC2=NC1. The fourth-order valence-corrected chi connectivity index (χ4v) is 1.73. The summed E-state index contributed by atoms with van der Waals surface area (Å²) < 4.78 is 0. The minimum atomic E-state index is 0.603. The monoisotopic (exact) mass is 150 g/mol. The summed E-state index contributed by atoms with van der Waals surface area (Å²) in [7, 11) is 0. The maximum Gasteiger partial charge on any atom is 0.0570 e. The van der Waals surface area contributed by atoms with E-state index in [1.165, 1.54) is 18.6 Å². The summed E-state index contributed by atoms with van der Waals surface area (Å²) in [6.45, 7) is 3.16. The third kappa shape index (κ3) is 1.51. The van der Waals surface area contributed by atoms with Gasteiger partial charge < -0.3 is 5.32 Å². The minimum Gasteiger partial charge on any atom is -0.316 e. The lowest BCUT2D eigenvalue weighted by molar-refractivity contribution is 0.662. The molecule has 11 heavy (non-hydrogen) atoms. The van der Waals surface area contributed by atoms with Crippen LogP contribution in [0.4, 0.5) is 0 Å². The molecule has 0 bridgehead atoms. The maximum absolute atomic E-state index is 4.50. The van der Waals surface area contributed by atoms with Crippen molar-refractivity contribution in [2.75, 3.05) is 19.6 Å². The molecule has 1 fully saturated rings. The largest absolute Gasteiger partial charge is 0.316 e. The lowest BCUT2D eigenvalue weighted by Crippen LogP contribution is -2.24. The highest BCUT2D eigenvalue weighted by Crippen LogP contribution is 2.13. The fourth-order valence-electron chi connectivity index (χ4n) is 1.73. The molecule has 2 nitrogen and oxygen atoms in total. The summed E-state index contributed by atoms with van der Waals surface area (Å²) in [6.07, 6.45) is 6.91. The molecule has 0 aromatic carbocycles. The topological polar surface area (TPSA) is 24.4 Å². The summed E-state index contributed by atoms with van der Waals surface area (Å²) in [5.41, 5.74) is 1.41. The zero-order chi connectivity index (χ0) is 7.52. The van der Waals surface area contributed by atoms with Gasteiger partial charge in [-0.15, -0.1) is 0 Å². The summed E-state index contributed by atoms with van der Waals surface area (Å²) in [5.74, 6) is 0.603. The highest BCUT2D eigenvalue weighted by molar-refractivity contribution is 5.89. The molecule has 1 saturated heterocycles. The standard InChI is InChI=1S/C9H14N2/c1-3-8-7-10-5-2-4-9(8)11-6-1/h1,3,8,10H,2,4-7H2. The third-order valence-corrected chi connectivity index (χ3v) is 2.35. The van der Waals surface area contributed by atoms with Crippen molar-refractivity contribution in [3.05, 3.63) is 12.2 Å². The Labute approximate surface area is 67.4 Å². The molecule has 0 aliphatic carbocycles. The van der Waals surface area contributed by atoms with Gasteiger partial charge >= 0.3 is 0 Å². The van der Waals surface area contributed by atoms with Crippen LogP contribution in [0.15, 0.2) is 17.1 Å². The van der Waals surface area contributed by atoms with Crippen molar-refractivity contribution in [3.63, 3.8) is 0 Å². The van der Waals surface area contributed by atoms with Crippen LogP contribution in [0.2, 0.25) is 0 Å². The number of nitrogens with zero attached hydrogens (tertiary/aromatic N) is 1. The van der Waals surface area contributed by atoms with Crippen LogP contribution in [0.5, 0.6) is 0 Å². The summed E-state index contributed by atoms with van der Waals surface area (Å²) >= 11 is 0. The third-order valence-electron chi connectivity index (χ3n) is 2.35. The number of fused-ring (bicyclic) bond motifs is 1. The Morgan fingerprint density at radius 2 is 2.55 bits per heavy atom. The van der Waals surface area contributed by atoms with E-state index in [1.807, 2.05) is 0 Å². The van der Waals surface area contributed by atoms with E-state index in [2.05, 4.69) is 22.5 Å². The van der Waals surface area contributed by atoms with E-state index in [4.69, 9.17) is 0 Å². The summed E-state index contributed by atoms with van der Waals surface area (Å²) in [4.78, 5) is 4.50. The van der Waals surface area contributed by atoms with Gasteiger partial charge in [0.15, 0.2) is 0 Å². The molecule has 1 N–H and O–H groups in total. The quantitative estimate of drug-likeness (QED) is 0.512. The van der Waals surface area contributed by atoms with Gasteiger partial charge in [0.05, 0.1) is 6.54 Å². The van der Waals surface area contributed by atoms with Gasteiger partial charge in [-0.2, -0.15) is 0 Å². The van der Waals surface area contributed by atoms with E-state index in [-0.39, 0.29) is 0 Å². The van der Waals surface area contributed by atoms with Crippen molar-refractivity contribution in [3.8, 4) is 0 Å². The van der Waals surface area contributed by atoms with Crippen molar-refractivity contribution in [1.82, 2.24) is 5.32 Å². The molecule has 2 heterocycles. The molecule has 0 saturated carbocycles. The van der Waals surface area contributed by atoms with Crippen molar-refractivity contribution in [2.45, 2.75) is 12.8 Å². The first-order valence-electron chi connectivity index (χ1n) is 4.37.